The lowest BCUT2D eigenvalue weighted by atomic mass is 10.1. The Morgan fingerprint density at radius 2 is 0.909 bits per heavy atom. The monoisotopic (exact) mass is 476 g/mol. The highest BCUT2D eigenvalue weighted by Crippen LogP contribution is 2.59. The van der Waals surface area contributed by atoms with E-state index in [1.807, 2.05) is 0 Å². The predicted molar refractivity (Wildman–Crippen MR) is 98.7 cm³/mol. The van der Waals surface area contributed by atoms with Gasteiger partial charge in [0, 0.05) is 0 Å². The van der Waals surface area contributed by atoms with Gasteiger partial charge in [0.1, 0.15) is 11.5 Å². The van der Waals surface area contributed by atoms with Crippen LogP contribution in [0.1, 0.15) is 20.7 Å². The summed E-state index contributed by atoms with van der Waals surface area (Å²) >= 11 is 0. The molecule has 0 spiro atoms. The second-order valence-corrected chi connectivity index (χ2v) is 6.62. The molecule has 0 bridgehead atoms. The highest BCUT2D eigenvalue weighted by molar-refractivity contribution is 5.89. The summed E-state index contributed by atoms with van der Waals surface area (Å²) < 4.78 is 104. The van der Waals surface area contributed by atoms with Crippen LogP contribution < -0.4 is 9.47 Å². The van der Waals surface area contributed by atoms with Gasteiger partial charge in [-0.3, -0.25) is 0 Å². The fourth-order valence-electron chi connectivity index (χ4n) is 2.78. The van der Waals surface area contributed by atoms with Crippen molar-refractivity contribution in [2.75, 3.05) is 14.2 Å². The van der Waals surface area contributed by atoms with Crippen LogP contribution in [0.25, 0.3) is 0 Å². The van der Waals surface area contributed by atoms with Gasteiger partial charge >= 0.3 is 29.7 Å². The number of ether oxygens (including phenoxy) is 4. The Hall–Kier alpha value is -3.70. The third-order valence-electron chi connectivity index (χ3n) is 4.56. The fourth-order valence-corrected chi connectivity index (χ4v) is 2.78. The zero-order valence-corrected chi connectivity index (χ0v) is 16.8. The number of hydrogen-bond donors (Lipinski definition) is 0. The van der Waals surface area contributed by atoms with Gasteiger partial charge in [-0.25, -0.2) is 9.59 Å². The van der Waals surface area contributed by atoms with Gasteiger partial charge in [-0.15, -0.1) is 0 Å². The zero-order valence-electron chi connectivity index (χ0n) is 16.8. The second-order valence-electron chi connectivity index (χ2n) is 6.62. The third-order valence-corrected chi connectivity index (χ3v) is 4.56. The fraction of sp³-hybridized carbons (Fsp3) is 0.238. The van der Waals surface area contributed by atoms with Gasteiger partial charge in [0.25, 0.3) is 0 Å². The Labute approximate surface area is 182 Å². The van der Waals surface area contributed by atoms with Crippen LogP contribution in [0.3, 0.4) is 0 Å². The first-order valence-electron chi connectivity index (χ1n) is 8.98. The minimum atomic E-state index is -5.87. The molecule has 0 radical (unpaired) electrons. The lowest BCUT2D eigenvalue weighted by molar-refractivity contribution is -0.273. The van der Waals surface area contributed by atoms with Gasteiger partial charge in [0.2, 0.25) is 11.5 Å². The summed E-state index contributed by atoms with van der Waals surface area (Å²) in [4.78, 5) is 22.9. The summed E-state index contributed by atoms with van der Waals surface area (Å²) in [6, 6.07) is 7.90. The van der Waals surface area contributed by atoms with Crippen LogP contribution >= 0.6 is 0 Å². The Morgan fingerprint density at radius 1 is 0.606 bits per heavy atom. The molecule has 0 heterocycles. The molecule has 0 fully saturated rings. The number of halogens is 6. The van der Waals surface area contributed by atoms with E-state index in [1.165, 1.54) is 0 Å². The molecule has 0 saturated heterocycles. The van der Waals surface area contributed by atoms with E-state index >= 15 is 0 Å². The number of carbonyl (C=O) groups is 2. The summed E-state index contributed by atoms with van der Waals surface area (Å²) in [6.07, 6.45) is 0. The summed E-state index contributed by atoms with van der Waals surface area (Å²) in [5.74, 6) is -23.7. The third kappa shape index (κ3) is 3.96. The van der Waals surface area contributed by atoms with Crippen LogP contribution in [0.15, 0.2) is 60.0 Å². The highest BCUT2D eigenvalue weighted by Gasteiger charge is 2.83. The van der Waals surface area contributed by atoms with Gasteiger partial charge in [-0.2, -0.15) is 26.3 Å². The summed E-state index contributed by atoms with van der Waals surface area (Å²) in [7, 11) is 2.17. The van der Waals surface area contributed by atoms with Crippen LogP contribution in [0, 0.1) is 0 Å². The van der Waals surface area contributed by atoms with Crippen molar-refractivity contribution in [3.8, 4) is 11.5 Å². The van der Waals surface area contributed by atoms with E-state index in [0.717, 1.165) is 62.8 Å². The Bertz CT molecular complexity index is 1010. The van der Waals surface area contributed by atoms with Crippen molar-refractivity contribution in [3.05, 3.63) is 71.2 Å². The van der Waals surface area contributed by atoms with Crippen LogP contribution in [0.2, 0.25) is 0 Å². The minimum absolute atomic E-state index is 0.0326. The maximum Gasteiger partial charge on any atom is 0.387 e. The van der Waals surface area contributed by atoms with E-state index in [0.29, 0.717) is 0 Å². The Morgan fingerprint density at radius 3 is 1.18 bits per heavy atom. The topological polar surface area (TPSA) is 71.1 Å². The number of rotatable bonds is 6. The molecule has 0 saturated carbocycles. The second kappa shape index (κ2) is 8.34. The number of benzene rings is 2. The number of allylic oxidation sites excluding steroid dienone is 2. The molecule has 0 unspecified atom stereocenters. The molecule has 0 aromatic heterocycles. The van der Waals surface area contributed by atoms with Crippen molar-refractivity contribution < 1.29 is 54.9 Å². The van der Waals surface area contributed by atoms with E-state index in [9.17, 15) is 35.9 Å². The van der Waals surface area contributed by atoms with E-state index in [-0.39, 0.29) is 11.1 Å². The molecule has 0 atom stereocenters. The number of alkyl halides is 6. The molecular formula is C21H14F6O6. The van der Waals surface area contributed by atoms with Crippen molar-refractivity contribution in [1.82, 2.24) is 0 Å². The zero-order chi connectivity index (χ0) is 24.6. The van der Waals surface area contributed by atoms with Gasteiger partial charge in [-0.05, 0) is 48.5 Å². The number of esters is 2. The quantitative estimate of drug-likeness (QED) is 0.439. The van der Waals surface area contributed by atoms with E-state index in [2.05, 4.69) is 9.47 Å². The average molecular weight is 476 g/mol. The first kappa shape index (κ1) is 24.0. The van der Waals surface area contributed by atoms with Gasteiger partial charge in [0.05, 0.1) is 25.3 Å². The Kier molecular flexibility index (Phi) is 6.05. The number of hydrogen-bond acceptors (Lipinski definition) is 6. The van der Waals surface area contributed by atoms with Crippen LogP contribution in [0.4, 0.5) is 26.3 Å². The lowest BCUT2D eigenvalue weighted by Gasteiger charge is -2.24. The largest absolute Gasteiger partial charge is 0.465 e. The molecule has 1 aliphatic carbocycles. The normalized spacial score (nSPS) is 17.9. The van der Waals surface area contributed by atoms with E-state index < -0.39 is 52.7 Å². The maximum absolute atomic E-state index is 14.4. The van der Waals surface area contributed by atoms with Crippen molar-refractivity contribution in [2.24, 2.45) is 0 Å². The molecule has 2 aromatic carbocycles. The first-order valence-corrected chi connectivity index (χ1v) is 8.98. The van der Waals surface area contributed by atoms with Crippen LogP contribution in [0.5, 0.6) is 11.5 Å². The molecule has 0 aliphatic heterocycles. The first-order chi connectivity index (χ1) is 15.4. The highest BCUT2D eigenvalue weighted by atomic mass is 19.3. The van der Waals surface area contributed by atoms with Crippen LogP contribution in [-0.2, 0) is 9.47 Å². The predicted octanol–water partition coefficient (Wildman–Crippen LogP) is 4.85. The summed E-state index contributed by atoms with van der Waals surface area (Å²) in [5.41, 5.74) is -0.0651. The SMILES string of the molecule is COC(=O)c1ccc(OC2=C(Oc3ccc(C(=O)OC)cc3)C(F)(F)C(F)(F)C2(F)F)cc1. The molecular weight excluding hydrogens is 462 g/mol. The van der Waals surface area contributed by atoms with Crippen molar-refractivity contribution >= 4 is 11.9 Å². The smallest absolute Gasteiger partial charge is 0.387 e. The van der Waals surface area contributed by atoms with Crippen molar-refractivity contribution in [1.29, 1.82) is 0 Å². The molecule has 2 aromatic rings. The van der Waals surface area contributed by atoms with Gasteiger partial charge in [0.15, 0.2) is 0 Å². The molecule has 1 aliphatic rings. The molecule has 12 heteroatoms. The lowest BCUT2D eigenvalue weighted by Crippen LogP contribution is -2.50. The molecule has 3 rings (SSSR count). The summed E-state index contributed by atoms with van der Waals surface area (Å²) in [5, 5.41) is 0. The molecule has 33 heavy (non-hydrogen) atoms. The summed E-state index contributed by atoms with van der Waals surface area (Å²) in [6.45, 7) is 0. The minimum Gasteiger partial charge on any atom is -0.465 e. The molecule has 176 valence electrons. The number of methoxy groups -OCH3 is 2. The standard InChI is InChI=1S/C21H14F6O6/c1-30-17(28)11-3-7-13(8-4-11)32-15-16(20(24,25)21(26,27)19(15,22)23)33-14-9-5-12(6-10-14)18(29)31-2/h3-10H,1-2H3. The molecule has 0 amide bonds. The van der Waals surface area contributed by atoms with E-state index in [1.54, 1.807) is 0 Å². The average Bonchev–Trinajstić information content (AvgIpc) is 2.89. The maximum atomic E-state index is 14.4. The van der Waals surface area contributed by atoms with Crippen LogP contribution in [-0.4, -0.2) is 43.9 Å². The van der Waals surface area contributed by atoms with Gasteiger partial charge in [-0.1, -0.05) is 0 Å². The number of carbonyl (C=O) groups excluding carboxylic acids is 2. The van der Waals surface area contributed by atoms with Crippen molar-refractivity contribution in [2.45, 2.75) is 17.8 Å². The Balaban J connectivity index is 2.02. The van der Waals surface area contributed by atoms with E-state index in [4.69, 9.17) is 9.47 Å². The molecule has 0 N–H and O–H groups in total. The van der Waals surface area contributed by atoms with Crippen molar-refractivity contribution in [3.63, 3.8) is 0 Å². The van der Waals surface area contributed by atoms with Gasteiger partial charge < -0.3 is 18.9 Å². The molecule has 6 nitrogen and oxygen atoms in total.